The van der Waals surface area contributed by atoms with E-state index in [-0.39, 0.29) is 11.9 Å². The van der Waals surface area contributed by atoms with E-state index in [4.69, 9.17) is 4.74 Å². The van der Waals surface area contributed by atoms with Gasteiger partial charge in [0.15, 0.2) is 5.82 Å². The Morgan fingerprint density at radius 2 is 2.36 bits per heavy atom. The average Bonchev–Trinajstić information content (AvgIpc) is 3.08. The summed E-state index contributed by atoms with van der Waals surface area (Å²) in [5.74, 6) is 1.18. The van der Waals surface area contributed by atoms with E-state index in [1.807, 2.05) is 13.0 Å². The number of carbonyl (C=O) groups excluding carboxylic acids is 1. The van der Waals surface area contributed by atoms with Gasteiger partial charge in [-0.3, -0.25) is 4.79 Å². The number of nitrogens with one attached hydrogen (secondary N) is 2. The van der Waals surface area contributed by atoms with E-state index in [0.717, 1.165) is 11.5 Å². The van der Waals surface area contributed by atoms with Gasteiger partial charge in [0, 0.05) is 25.4 Å². The van der Waals surface area contributed by atoms with Crippen LogP contribution in [0.4, 0.5) is 5.82 Å². The molecule has 8 nitrogen and oxygen atoms in total. The molecular weight excluding hydrogens is 284 g/mol. The smallest absolute Gasteiger partial charge is 0.272 e. The number of hydrogen-bond donors (Lipinski definition) is 2. The number of imidazole rings is 1. The fraction of sp³-hybridized carbons (Fsp3) is 0.429. The summed E-state index contributed by atoms with van der Waals surface area (Å²) in [6.07, 6.45) is 3.01. The number of rotatable bonds is 3. The minimum absolute atomic E-state index is 0.123. The van der Waals surface area contributed by atoms with E-state index >= 15 is 0 Å². The Bertz CT molecular complexity index is 657. The van der Waals surface area contributed by atoms with Gasteiger partial charge in [-0.2, -0.15) is 0 Å². The van der Waals surface area contributed by atoms with E-state index in [0.29, 0.717) is 31.3 Å². The van der Waals surface area contributed by atoms with Crippen LogP contribution in [-0.2, 0) is 4.74 Å². The second-order valence-electron chi connectivity index (χ2n) is 5.06. The van der Waals surface area contributed by atoms with Crippen molar-refractivity contribution in [2.75, 3.05) is 32.1 Å². The van der Waals surface area contributed by atoms with Crippen LogP contribution in [0.2, 0.25) is 0 Å². The Labute approximate surface area is 127 Å². The lowest BCUT2D eigenvalue weighted by atomic mass is 10.2. The lowest BCUT2D eigenvalue weighted by Crippen LogP contribution is -2.44. The van der Waals surface area contributed by atoms with Crippen molar-refractivity contribution in [2.45, 2.75) is 13.0 Å². The Balaban J connectivity index is 1.93. The number of aromatic amines is 1. The van der Waals surface area contributed by atoms with Crippen LogP contribution in [0.25, 0.3) is 0 Å². The number of morpholine rings is 1. The maximum absolute atomic E-state index is 12.6. The standard InChI is InChI=1S/C14H18N6O2/c1-9-5-12(15-2)19-13(18-9)11-7-22-4-3-20(11)14(21)10-6-16-8-17-10/h5-6,8,11H,3-4,7H2,1-2H3,(H,16,17)(H,15,18,19). The molecule has 8 heteroatoms. The maximum atomic E-state index is 12.6. The third-order valence-electron chi connectivity index (χ3n) is 3.54. The predicted octanol–water partition coefficient (Wildman–Crippen LogP) is 0.764. The molecule has 1 aliphatic heterocycles. The summed E-state index contributed by atoms with van der Waals surface area (Å²) < 4.78 is 5.53. The molecule has 116 valence electrons. The van der Waals surface area contributed by atoms with E-state index in [1.54, 1.807) is 11.9 Å². The zero-order valence-electron chi connectivity index (χ0n) is 12.5. The Morgan fingerprint density at radius 1 is 1.50 bits per heavy atom. The minimum Gasteiger partial charge on any atom is -0.377 e. The zero-order valence-corrected chi connectivity index (χ0v) is 12.5. The van der Waals surface area contributed by atoms with Crippen molar-refractivity contribution >= 4 is 11.7 Å². The SMILES string of the molecule is CNc1cc(C)nc(C2COCCN2C(=O)c2cnc[nH]2)n1. The van der Waals surface area contributed by atoms with Crippen molar-refractivity contribution in [2.24, 2.45) is 0 Å². The van der Waals surface area contributed by atoms with Crippen LogP contribution in [0.5, 0.6) is 0 Å². The summed E-state index contributed by atoms with van der Waals surface area (Å²) in [7, 11) is 1.80. The summed E-state index contributed by atoms with van der Waals surface area (Å²) in [5.41, 5.74) is 1.29. The number of amides is 1. The Hall–Kier alpha value is -2.48. The van der Waals surface area contributed by atoms with Gasteiger partial charge in [0.2, 0.25) is 0 Å². The minimum atomic E-state index is -0.309. The summed E-state index contributed by atoms with van der Waals surface area (Å²) in [6.45, 7) is 3.28. The number of anilines is 1. The molecule has 2 aromatic rings. The third kappa shape index (κ3) is 2.77. The molecule has 22 heavy (non-hydrogen) atoms. The largest absolute Gasteiger partial charge is 0.377 e. The lowest BCUT2D eigenvalue weighted by Gasteiger charge is -2.34. The van der Waals surface area contributed by atoms with Crippen LogP contribution in [0.3, 0.4) is 0 Å². The fourth-order valence-corrected chi connectivity index (χ4v) is 2.46. The first-order chi connectivity index (χ1) is 10.7. The quantitative estimate of drug-likeness (QED) is 0.869. The molecule has 1 amide bonds. The molecular formula is C14H18N6O2. The molecule has 2 aromatic heterocycles. The highest BCUT2D eigenvalue weighted by molar-refractivity contribution is 5.92. The molecule has 0 saturated carbocycles. The van der Waals surface area contributed by atoms with Gasteiger partial charge in [0.1, 0.15) is 17.6 Å². The van der Waals surface area contributed by atoms with Gasteiger partial charge < -0.3 is 19.9 Å². The van der Waals surface area contributed by atoms with Crippen LogP contribution in [0.15, 0.2) is 18.6 Å². The van der Waals surface area contributed by atoms with Crippen molar-refractivity contribution in [3.05, 3.63) is 35.8 Å². The van der Waals surface area contributed by atoms with E-state index in [9.17, 15) is 4.79 Å². The molecule has 0 spiro atoms. The molecule has 1 saturated heterocycles. The van der Waals surface area contributed by atoms with Crippen LogP contribution in [0.1, 0.15) is 28.0 Å². The first-order valence-corrected chi connectivity index (χ1v) is 7.09. The van der Waals surface area contributed by atoms with Crippen LogP contribution >= 0.6 is 0 Å². The molecule has 0 aromatic carbocycles. The number of aromatic nitrogens is 4. The first-order valence-electron chi connectivity index (χ1n) is 7.09. The molecule has 1 aliphatic rings. The van der Waals surface area contributed by atoms with E-state index in [2.05, 4.69) is 25.3 Å². The number of carbonyl (C=O) groups is 1. The van der Waals surface area contributed by atoms with Crippen LogP contribution in [-0.4, -0.2) is 57.5 Å². The summed E-state index contributed by atoms with van der Waals surface area (Å²) >= 11 is 0. The Kier molecular flexibility index (Phi) is 4.01. The molecule has 0 aliphatic carbocycles. The van der Waals surface area contributed by atoms with E-state index < -0.39 is 0 Å². The zero-order chi connectivity index (χ0) is 15.5. The predicted molar refractivity (Wildman–Crippen MR) is 79.5 cm³/mol. The highest BCUT2D eigenvalue weighted by atomic mass is 16.5. The molecule has 1 atom stereocenters. The molecule has 0 radical (unpaired) electrons. The van der Waals surface area contributed by atoms with Crippen LogP contribution < -0.4 is 5.32 Å². The number of nitrogens with zero attached hydrogens (tertiary/aromatic N) is 4. The molecule has 2 N–H and O–H groups in total. The topological polar surface area (TPSA) is 96.0 Å². The van der Waals surface area contributed by atoms with Crippen molar-refractivity contribution < 1.29 is 9.53 Å². The lowest BCUT2D eigenvalue weighted by molar-refractivity contribution is -0.00550. The second kappa shape index (κ2) is 6.10. The monoisotopic (exact) mass is 302 g/mol. The van der Waals surface area contributed by atoms with Gasteiger partial charge in [-0.25, -0.2) is 15.0 Å². The Morgan fingerprint density at radius 3 is 3.09 bits per heavy atom. The summed E-state index contributed by atoms with van der Waals surface area (Å²) in [6, 6.07) is 1.55. The van der Waals surface area contributed by atoms with Gasteiger partial charge in [0.25, 0.3) is 5.91 Å². The average molecular weight is 302 g/mol. The number of aryl methyl sites for hydroxylation is 1. The van der Waals surface area contributed by atoms with Gasteiger partial charge in [-0.15, -0.1) is 0 Å². The molecule has 3 rings (SSSR count). The number of H-pyrrole nitrogens is 1. The number of ether oxygens (including phenoxy) is 1. The van der Waals surface area contributed by atoms with Crippen molar-refractivity contribution in [1.29, 1.82) is 0 Å². The molecule has 1 unspecified atom stereocenters. The highest BCUT2D eigenvalue weighted by Crippen LogP contribution is 2.24. The van der Waals surface area contributed by atoms with Crippen molar-refractivity contribution in [1.82, 2.24) is 24.8 Å². The molecule has 3 heterocycles. The van der Waals surface area contributed by atoms with Gasteiger partial charge in [-0.05, 0) is 6.92 Å². The van der Waals surface area contributed by atoms with Crippen molar-refractivity contribution in [3.63, 3.8) is 0 Å². The maximum Gasteiger partial charge on any atom is 0.272 e. The number of hydrogen-bond acceptors (Lipinski definition) is 6. The molecule has 1 fully saturated rings. The summed E-state index contributed by atoms with van der Waals surface area (Å²) in [4.78, 5) is 30.0. The normalized spacial score (nSPS) is 18.3. The summed E-state index contributed by atoms with van der Waals surface area (Å²) in [5, 5.41) is 3.01. The third-order valence-corrected chi connectivity index (χ3v) is 3.54. The van der Waals surface area contributed by atoms with Crippen LogP contribution in [0, 0.1) is 6.92 Å². The fourth-order valence-electron chi connectivity index (χ4n) is 2.46. The highest BCUT2D eigenvalue weighted by Gasteiger charge is 2.32. The first kappa shape index (κ1) is 14.5. The molecule has 0 bridgehead atoms. The van der Waals surface area contributed by atoms with Gasteiger partial charge in [-0.1, -0.05) is 0 Å². The van der Waals surface area contributed by atoms with Gasteiger partial charge in [0.05, 0.1) is 25.7 Å². The second-order valence-corrected chi connectivity index (χ2v) is 5.06. The van der Waals surface area contributed by atoms with Gasteiger partial charge >= 0.3 is 0 Å². The van der Waals surface area contributed by atoms with E-state index in [1.165, 1.54) is 12.5 Å². The van der Waals surface area contributed by atoms with Crippen molar-refractivity contribution in [3.8, 4) is 0 Å².